The van der Waals surface area contributed by atoms with E-state index >= 15 is 0 Å². The van der Waals surface area contributed by atoms with Crippen LogP contribution in [0, 0.1) is 11.3 Å². The Kier molecular flexibility index (Phi) is 1.68. The first-order valence-electron chi connectivity index (χ1n) is 2.98. The number of hydrogen-bond donors (Lipinski definition) is 0. The van der Waals surface area contributed by atoms with E-state index in [4.69, 9.17) is 5.26 Å². The molecule has 0 aromatic rings. The zero-order valence-corrected chi connectivity index (χ0v) is 5.34. The molecular weight excluding hydrogens is 119 g/mol. The predicted molar refractivity (Wildman–Crippen MR) is 31.5 cm³/mol. The Hall–Kier alpha value is -0.620. The minimum absolute atomic E-state index is 0.194. The summed E-state index contributed by atoms with van der Waals surface area (Å²) in [4.78, 5) is 1.74. The van der Waals surface area contributed by atoms with E-state index in [0.717, 1.165) is 0 Å². The van der Waals surface area contributed by atoms with Gasteiger partial charge in [-0.25, -0.2) is 4.39 Å². The molecule has 9 heavy (non-hydrogen) atoms. The molecule has 3 heteroatoms. The number of halogens is 1. The van der Waals surface area contributed by atoms with Crippen molar-refractivity contribution >= 4 is 0 Å². The van der Waals surface area contributed by atoms with Crippen LogP contribution in [0.1, 0.15) is 6.42 Å². The van der Waals surface area contributed by atoms with E-state index in [-0.39, 0.29) is 6.04 Å². The van der Waals surface area contributed by atoms with E-state index in [0.29, 0.717) is 13.0 Å². The summed E-state index contributed by atoms with van der Waals surface area (Å²) in [7, 11) is 1.77. The summed E-state index contributed by atoms with van der Waals surface area (Å²) in [6, 6.07) is 1.84. The van der Waals surface area contributed by atoms with Crippen molar-refractivity contribution in [2.24, 2.45) is 0 Å². The van der Waals surface area contributed by atoms with Crippen LogP contribution in [0.3, 0.4) is 0 Å². The largest absolute Gasteiger partial charge is 0.288 e. The number of likely N-dealkylation sites (tertiary alicyclic amines) is 1. The smallest absolute Gasteiger partial charge is 0.115 e. The molecule has 0 saturated carbocycles. The van der Waals surface area contributed by atoms with Crippen molar-refractivity contribution in [1.29, 1.82) is 5.26 Å². The van der Waals surface area contributed by atoms with Crippen molar-refractivity contribution in [1.82, 2.24) is 4.90 Å². The van der Waals surface area contributed by atoms with Gasteiger partial charge in [0, 0.05) is 13.0 Å². The molecule has 0 bridgehead atoms. The maximum Gasteiger partial charge on any atom is 0.115 e. The minimum atomic E-state index is -0.792. The first-order chi connectivity index (χ1) is 4.24. The molecule has 0 N–H and O–H groups in total. The molecule has 0 radical (unpaired) electrons. The van der Waals surface area contributed by atoms with Gasteiger partial charge in [0.1, 0.15) is 12.2 Å². The molecule has 0 spiro atoms. The molecule has 0 aromatic heterocycles. The van der Waals surface area contributed by atoms with Crippen LogP contribution < -0.4 is 0 Å². The highest BCUT2D eigenvalue weighted by molar-refractivity contribution is 4.97. The number of hydrogen-bond acceptors (Lipinski definition) is 2. The average molecular weight is 128 g/mol. The number of nitrogens with zero attached hydrogens (tertiary/aromatic N) is 2. The lowest BCUT2D eigenvalue weighted by molar-refractivity contribution is 0.313. The van der Waals surface area contributed by atoms with Crippen LogP contribution in [0.2, 0.25) is 0 Å². The highest BCUT2D eigenvalue weighted by Gasteiger charge is 2.28. The van der Waals surface area contributed by atoms with Crippen molar-refractivity contribution in [3.05, 3.63) is 0 Å². The highest BCUT2D eigenvalue weighted by atomic mass is 19.1. The Labute approximate surface area is 53.9 Å². The maximum absolute atomic E-state index is 12.4. The molecule has 1 rings (SSSR count). The van der Waals surface area contributed by atoms with Gasteiger partial charge in [-0.15, -0.1) is 0 Å². The molecule has 50 valence electrons. The third-order valence-electron chi connectivity index (χ3n) is 1.65. The SMILES string of the molecule is CN1CC(F)C[C@H]1C#N. The Bertz CT molecular complexity index is 140. The number of nitriles is 1. The summed E-state index contributed by atoms with van der Waals surface area (Å²) in [6.45, 7) is 0.415. The van der Waals surface area contributed by atoms with E-state index in [9.17, 15) is 4.39 Å². The van der Waals surface area contributed by atoms with Crippen molar-refractivity contribution in [3.8, 4) is 6.07 Å². The van der Waals surface area contributed by atoms with Crippen LogP contribution in [-0.2, 0) is 0 Å². The van der Waals surface area contributed by atoms with E-state index in [1.165, 1.54) is 0 Å². The molecule has 1 heterocycles. The van der Waals surface area contributed by atoms with Crippen LogP contribution >= 0.6 is 0 Å². The van der Waals surface area contributed by atoms with Gasteiger partial charge in [-0.05, 0) is 7.05 Å². The van der Waals surface area contributed by atoms with Gasteiger partial charge in [0.2, 0.25) is 0 Å². The lowest BCUT2D eigenvalue weighted by Crippen LogP contribution is -2.23. The molecule has 1 fully saturated rings. The highest BCUT2D eigenvalue weighted by Crippen LogP contribution is 2.16. The van der Waals surface area contributed by atoms with Gasteiger partial charge in [0.25, 0.3) is 0 Å². The average Bonchev–Trinajstić information content (AvgIpc) is 2.10. The molecular formula is C6H9FN2. The van der Waals surface area contributed by atoms with Gasteiger partial charge in [-0.2, -0.15) is 5.26 Å². The van der Waals surface area contributed by atoms with Crippen LogP contribution in [0.25, 0.3) is 0 Å². The molecule has 1 saturated heterocycles. The Balaban J connectivity index is 2.50. The number of rotatable bonds is 0. The van der Waals surface area contributed by atoms with Gasteiger partial charge in [0.05, 0.1) is 6.07 Å². The summed E-state index contributed by atoms with van der Waals surface area (Å²) in [6.07, 6.45) is -0.410. The zero-order valence-electron chi connectivity index (χ0n) is 5.34. The van der Waals surface area contributed by atoms with Crippen molar-refractivity contribution in [2.75, 3.05) is 13.6 Å². The van der Waals surface area contributed by atoms with Crippen molar-refractivity contribution in [2.45, 2.75) is 18.6 Å². The summed E-state index contributed by atoms with van der Waals surface area (Å²) >= 11 is 0. The van der Waals surface area contributed by atoms with E-state index in [2.05, 4.69) is 0 Å². The first kappa shape index (κ1) is 6.50. The lowest BCUT2D eigenvalue weighted by atomic mass is 10.2. The maximum atomic E-state index is 12.4. The Morgan fingerprint density at radius 1 is 1.78 bits per heavy atom. The predicted octanol–water partition coefficient (Wildman–Crippen LogP) is 0.552. The Morgan fingerprint density at radius 2 is 2.44 bits per heavy atom. The molecule has 0 amide bonds. The summed E-state index contributed by atoms with van der Waals surface area (Å²) < 4.78 is 12.4. The second kappa shape index (κ2) is 2.32. The molecule has 2 atom stereocenters. The standard InChI is InChI=1S/C6H9FN2/c1-9-4-5(7)2-6(9)3-8/h5-6H,2,4H2,1H3/t5?,6-/m0/s1. The van der Waals surface area contributed by atoms with Crippen LogP contribution in [0.4, 0.5) is 4.39 Å². The van der Waals surface area contributed by atoms with Gasteiger partial charge in [-0.3, -0.25) is 4.90 Å². The second-order valence-electron chi connectivity index (χ2n) is 2.42. The molecule has 0 aromatic carbocycles. The van der Waals surface area contributed by atoms with Gasteiger partial charge >= 0.3 is 0 Å². The van der Waals surface area contributed by atoms with Crippen molar-refractivity contribution in [3.63, 3.8) is 0 Å². The fourth-order valence-corrected chi connectivity index (χ4v) is 1.09. The summed E-state index contributed by atoms with van der Waals surface area (Å²) in [5.74, 6) is 0. The fourth-order valence-electron chi connectivity index (χ4n) is 1.09. The van der Waals surface area contributed by atoms with Gasteiger partial charge < -0.3 is 0 Å². The molecule has 1 aliphatic rings. The molecule has 2 nitrogen and oxygen atoms in total. The second-order valence-corrected chi connectivity index (χ2v) is 2.42. The quantitative estimate of drug-likeness (QED) is 0.476. The molecule has 1 unspecified atom stereocenters. The first-order valence-corrected chi connectivity index (χ1v) is 2.98. The third kappa shape index (κ3) is 1.19. The van der Waals surface area contributed by atoms with Crippen molar-refractivity contribution < 1.29 is 4.39 Å². The molecule has 1 aliphatic heterocycles. The van der Waals surface area contributed by atoms with E-state index in [1.807, 2.05) is 6.07 Å². The zero-order chi connectivity index (χ0) is 6.85. The van der Waals surface area contributed by atoms with Crippen LogP contribution in [0.5, 0.6) is 0 Å². The number of alkyl halides is 1. The molecule has 0 aliphatic carbocycles. The topological polar surface area (TPSA) is 27.0 Å². The normalized spacial score (nSPS) is 36.6. The van der Waals surface area contributed by atoms with E-state index < -0.39 is 6.17 Å². The summed E-state index contributed by atoms with van der Waals surface area (Å²) in [5, 5.41) is 8.40. The van der Waals surface area contributed by atoms with Gasteiger partial charge in [0.15, 0.2) is 0 Å². The van der Waals surface area contributed by atoms with Gasteiger partial charge in [-0.1, -0.05) is 0 Å². The fraction of sp³-hybridized carbons (Fsp3) is 0.833. The van der Waals surface area contributed by atoms with Crippen LogP contribution in [-0.4, -0.2) is 30.7 Å². The van der Waals surface area contributed by atoms with E-state index in [1.54, 1.807) is 11.9 Å². The third-order valence-corrected chi connectivity index (χ3v) is 1.65. The lowest BCUT2D eigenvalue weighted by Gasteiger charge is -2.08. The minimum Gasteiger partial charge on any atom is -0.288 e. The Morgan fingerprint density at radius 3 is 2.67 bits per heavy atom. The summed E-state index contributed by atoms with van der Waals surface area (Å²) in [5.41, 5.74) is 0. The monoisotopic (exact) mass is 128 g/mol. The van der Waals surface area contributed by atoms with Crippen LogP contribution in [0.15, 0.2) is 0 Å².